The van der Waals surface area contributed by atoms with Crippen LogP contribution < -0.4 is 20.7 Å². The molecule has 0 bridgehead atoms. The molecule has 0 fully saturated rings. The van der Waals surface area contributed by atoms with Crippen molar-refractivity contribution in [3.63, 3.8) is 0 Å². The Kier molecular flexibility index (Phi) is 6.83. The van der Waals surface area contributed by atoms with Crippen LogP contribution in [0.5, 0.6) is 5.75 Å². The number of carbonyl (C=O) groups excluding carboxylic acids is 1. The number of halogens is 2. The lowest BCUT2D eigenvalue weighted by Crippen LogP contribution is -2.45. The number of hydrogen-bond donors (Lipinski definition) is 3. The van der Waals surface area contributed by atoms with Crippen molar-refractivity contribution in [2.75, 3.05) is 12.4 Å². The molecule has 1 unspecified atom stereocenters. The van der Waals surface area contributed by atoms with E-state index in [1.165, 1.54) is 0 Å². The molecule has 8 heteroatoms. The van der Waals surface area contributed by atoms with Crippen molar-refractivity contribution in [2.45, 2.75) is 6.04 Å². The maximum Gasteiger partial charge on any atom is 0.256 e. The van der Waals surface area contributed by atoms with Gasteiger partial charge in [-0.25, -0.2) is 0 Å². The third-order valence-electron chi connectivity index (χ3n) is 6.01. The number of anilines is 1. The monoisotopic (exact) mass is 533 g/mol. The molecule has 180 valence electrons. The maximum absolute atomic E-state index is 13.9. The van der Waals surface area contributed by atoms with Gasteiger partial charge >= 0.3 is 0 Å². The number of nitrogens with one attached hydrogen (secondary N) is 3. The third-order valence-corrected chi connectivity index (χ3v) is 6.78. The molecule has 1 aliphatic rings. The summed E-state index contributed by atoms with van der Waals surface area (Å²) in [5.74, 6) is 0.380. The van der Waals surface area contributed by atoms with Crippen LogP contribution in [0.3, 0.4) is 0 Å². The first-order valence-electron chi connectivity index (χ1n) is 11.1. The zero-order valence-electron chi connectivity index (χ0n) is 19.1. The Labute approximate surface area is 224 Å². The van der Waals surface area contributed by atoms with Gasteiger partial charge in [0.05, 0.1) is 35.1 Å². The Balaban J connectivity index is 1.69. The number of rotatable bonds is 5. The highest BCUT2D eigenvalue weighted by molar-refractivity contribution is 7.80. The highest BCUT2D eigenvalue weighted by Gasteiger charge is 2.33. The van der Waals surface area contributed by atoms with Crippen molar-refractivity contribution < 1.29 is 9.53 Å². The molecule has 36 heavy (non-hydrogen) atoms. The normalized spacial score (nSPS) is 15.3. The van der Waals surface area contributed by atoms with Gasteiger partial charge in [-0.15, -0.1) is 0 Å². The summed E-state index contributed by atoms with van der Waals surface area (Å²) < 4.78 is 5.31. The van der Waals surface area contributed by atoms with Crippen LogP contribution in [0.15, 0.2) is 90.5 Å². The Hall–Kier alpha value is -3.58. The molecule has 0 saturated carbocycles. The van der Waals surface area contributed by atoms with E-state index < -0.39 is 6.04 Å². The Morgan fingerprint density at radius 2 is 1.72 bits per heavy atom. The highest BCUT2D eigenvalue weighted by Crippen LogP contribution is 2.36. The minimum atomic E-state index is -0.520. The van der Waals surface area contributed by atoms with Crippen LogP contribution >= 0.6 is 35.4 Å². The van der Waals surface area contributed by atoms with Gasteiger partial charge in [-0.1, -0.05) is 65.7 Å². The molecule has 0 radical (unpaired) electrons. The average molecular weight is 534 g/mol. The van der Waals surface area contributed by atoms with Crippen LogP contribution in [-0.2, 0) is 4.79 Å². The second-order valence-electron chi connectivity index (χ2n) is 8.20. The first kappa shape index (κ1) is 24.1. The van der Waals surface area contributed by atoms with Crippen molar-refractivity contribution in [2.24, 2.45) is 0 Å². The quantitative estimate of drug-likeness (QED) is 0.248. The van der Waals surface area contributed by atoms with E-state index in [4.69, 9.17) is 40.2 Å². The van der Waals surface area contributed by atoms with Gasteiger partial charge in [0.2, 0.25) is 0 Å². The van der Waals surface area contributed by atoms with Crippen LogP contribution in [0.1, 0.15) is 17.2 Å². The second-order valence-corrected chi connectivity index (χ2v) is 9.45. The van der Waals surface area contributed by atoms with E-state index in [-0.39, 0.29) is 5.91 Å². The van der Waals surface area contributed by atoms with Crippen molar-refractivity contribution in [3.8, 4) is 5.75 Å². The Bertz CT molecular complexity index is 1510. The van der Waals surface area contributed by atoms with Gasteiger partial charge in [-0.2, -0.15) is 0 Å². The predicted molar refractivity (Wildman–Crippen MR) is 151 cm³/mol. The lowest BCUT2D eigenvalue weighted by atomic mass is 9.89. The SMILES string of the molecule is COc1ccc(C2=C(C(=O)Nc3ccc(Cl)cc3Cl)C(c3cccc4ccccc34)NC(=S)N2)cc1. The summed E-state index contributed by atoms with van der Waals surface area (Å²) in [7, 11) is 1.61. The van der Waals surface area contributed by atoms with Crippen molar-refractivity contribution in [3.05, 3.63) is 112 Å². The number of benzene rings is 4. The topological polar surface area (TPSA) is 62.4 Å². The smallest absolute Gasteiger partial charge is 0.256 e. The molecule has 5 rings (SSSR count). The predicted octanol–water partition coefficient (Wildman–Crippen LogP) is 6.72. The van der Waals surface area contributed by atoms with E-state index in [9.17, 15) is 4.79 Å². The summed E-state index contributed by atoms with van der Waals surface area (Å²) in [5, 5.41) is 12.8. The number of ether oxygens (including phenoxy) is 1. The van der Waals surface area contributed by atoms with E-state index >= 15 is 0 Å². The fraction of sp³-hybridized carbons (Fsp3) is 0.0714. The molecular weight excluding hydrogens is 513 g/mol. The number of amides is 1. The lowest BCUT2D eigenvalue weighted by Gasteiger charge is -2.32. The molecule has 5 nitrogen and oxygen atoms in total. The van der Waals surface area contributed by atoms with Gasteiger partial charge in [0.15, 0.2) is 5.11 Å². The summed E-state index contributed by atoms with van der Waals surface area (Å²) in [6, 6.07) is 25.9. The standard InChI is InChI=1S/C28H21Cl2N3O2S/c1-35-19-12-9-17(10-13-19)25-24(27(34)31-23-14-11-18(29)15-22(23)30)26(33-28(36)32-25)21-8-4-6-16-5-2-3-7-20(16)21/h2-15,26H,1H3,(H,31,34)(H2,32,33,36). The maximum atomic E-state index is 13.9. The molecular formula is C28H21Cl2N3O2S. The average Bonchev–Trinajstić information content (AvgIpc) is 2.89. The molecule has 0 aliphatic carbocycles. The number of fused-ring (bicyclic) bond motifs is 1. The van der Waals surface area contributed by atoms with Gasteiger partial charge in [0.1, 0.15) is 5.75 Å². The molecule has 1 atom stereocenters. The second kappa shape index (κ2) is 10.2. The number of carbonyl (C=O) groups is 1. The van der Waals surface area contributed by atoms with Crippen LogP contribution in [0, 0.1) is 0 Å². The molecule has 1 heterocycles. The van der Waals surface area contributed by atoms with E-state index in [1.807, 2.05) is 66.7 Å². The van der Waals surface area contributed by atoms with Gasteiger partial charge < -0.3 is 20.7 Å². The molecule has 1 aliphatic heterocycles. The zero-order valence-corrected chi connectivity index (χ0v) is 21.5. The molecule has 1 amide bonds. The molecule has 4 aromatic carbocycles. The molecule has 3 N–H and O–H groups in total. The van der Waals surface area contributed by atoms with Gasteiger partial charge in [-0.3, -0.25) is 4.79 Å². The van der Waals surface area contributed by atoms with E-state index in [0.717, 1.165) is 21.9 Å². The van der Waals surface area contributed by atoms with Crippen molar-refractivity contribution >= 4 is 68.6 Å². The fourth-order valence-electron chi connectivity index (χ4n) is 4.31. The van der Waals surface area contributed by atoms with Crippen LogP contribution in [0.2, 0.25) is 10.0 Å². The summed E-state index contributed by atoms with van der Waals surface area (Å²) in [5.41, 5.74) is 3.24. The fourth-order valence-corrected chi connectivity index (χ4v) is 4.99. The summed E-state index contributed by atoms with van der Waals surface area (Å²) >= 11 is 18.0. The largest absolute Gasteiger partial charge is 0.497 e. The first-order valence-corrected chi connectivity index (χ1v) is 12.3. The third kappa shape index (κ3) is 4.75. The van der Waals surface area contributed by atoms with Crippen molar-refractivity contribution in [1.29, 1.82) is 0 Å². The highest BCUT2D eigenvalue weighted by atomic mass is 35.5. The van der Waals surface area contributed by atoms with Crippen molar-refractivity contribution in [1.82, 2.24) is 10.6 Å². The summed E-state index contributed by atoms with van der Waals surface area (Å²) in [4.78, 5) is 13.9. The molecule has 0 spiro atoms. The number of thiocarbonyl (C=S) groups is 1. The Morgan fingerprint density at radius 3 is 2.47 bits per heavy atom. The van der Waals surface area contributed by atoms with E-state index in [0.29, 0.717) is 37.9 Å². The molecule has 0 aromatic heterocycles. The van der Waals surface area contributed by atoms with Gasteiger partial charge in [-0.05, 0) is 76.6 Å². The van der Waals surface area contributed by atoms with Crippen LogP contribution in [0.25, 0.3) is 16.5 Å². The van der Waals surface area contributed by atoms with E-state index in [2.05, 4.69) is 16.0 Å². The first-order chi connectivity index (χ1) is 17.4. The van der Waals surface area contributed by atoms with Gasteiger partial charge in [0.25, 0.3) is 5.91 Å². The minimum absolute atomic E-state index is 0.328. The lowest BCUT2D eigenvalue weighted by molar-refractivity contribution is -0.113. The van der Waals surface area contributed by atoms with Crippen LogP contribution in [-0.4, -0.2) is 18.1 Å². The minimum Gasteiger partial charge on any atom is -0.497 e. The zero-order chi connectivity index (χ0) is 25.2. The number of hydrogen-bond acceptors (Lipinski definition) is 3. The summed E-state index contributed by atoms with van der Waals surface area (Å²) in [6.45, 7) is 0. The van der Waals surface area contributed by atoms with E-state index in [1.54, 1.807) is 25.3 Å². The number of methoxy groups -OCH3 is 1. The molecule has 4 aromatic rings. The Morgan fingerprint density at radius 1 is 0.972 bits per heavy atom. The molecule has 0 saturated heterocycles. The van der Waals surface area contributed by atoms with Crippen LogP contribution in [0.4, 0.5) is 5.69 Å². The van der Waals surface area contributed by atoms with Gasteiger partial charge in [0, 0.05) is 5.02 Å². The summed E-state index contributed by atoms with van der Waals surface area (Å²) in [6.07, 6.45) is 0.